The molecule has 1 aliphatic rings. The zero-order valence-electron chi connectivity index (χ0n) is 14.3. The van der Waals surface area contributed by atoms with Crippen LogP contribution in [0.15, 0.2) is 18.2 Å². The van der Waals surface area contributed by atoms with E-state index in [0.717, 1.165) is 0 Å². The van der Waals surface area contributed by atoms with Crippen molar-refractivity contribution in [3.63, 3.8) is 0 Å². The summed E-state index contributed by atoms with van der Waals surface area (Å²) in [6, 6.07) is 4.28. The Morgan fingerprint density at radius 1 is 1.28 bits per heavy atom. The molecule has 0 saturated carbocycles. The molecular formula is C16H21ClN2O5S. The molecule has 7 nitrogen and oxygen atoms in total. The van der Waals surface area contributed by atoms with Gasteiger partial charge in [-0.3, -0.25) is 9.59 Å². The highest BCUT2D eigenvalue weighted by molar-refractivity contribution is 7.91. The second-order valence-corrected chi connectivity index (χ2v) is 9.14. The number of nitrogens with one attached hydrogen (secondary N) is 2. The monoisotopic (exact) mass is 388 g/mol. The summed E-state index contributed by atoms with van der Waals surface area (Å²) in [4.78, 5) is 24.9. The number of benzene rings is 1. The molecule has 1 heterocycles. The first-order valence-electron chi connectivity index (χ1n) is 7.71. The molecule has 0 bridgehead atoms. The summed E-state index contributed by atoms with van der Waals surface area (Å²) in [7, 11) is -1.63. The number of carbonyl (C=O) groups is 2. The smallest absolute Gasteiger partial charge is 0.239 e. The molecule has 9 heteroatoms. The Bertz CT molecular complexity index is 792. The van der Waals surface area contributed by atoms with E-state index in [0.29, 0.717) is 22.9 Å². The van der Waals surface area contributed by atoms with Crippen LogP contribution in [0, 0.1) is 5.41 Å². The Kier molecular flexibility index (Phi) is 5.63. The van der Waals surface area contributed by atoms with E-state index in [4.69, 9.17) is 16.3 Å². The molecule has 138 valence electrons. The quantitative estimate of drug-likeness (QED) is 0.746. The van der Waals surface area contributed by atoms with Crippen molar-refractivity contribution in [1.29, 1.82) is 0 Å². The number of amides is 2. The molecule has 1 atom stereocenters. The van der Waals surface area contributed by atoms with Crippen LogP contribution in [0.4, 0.5) is 5.69 Å². The predicted octanol–water partition coefficient (Wildman–Crippen LogP) is 1.62. The number of ether oxygens (including phenoxy) is 1. The molecule has 0 aliphatic carbocycles. The molecule has 1 aromatic rings. The summed E-state index contributed by atoms with van der Waals surface area (Å²) in [5.41, 5.74) is -0.946. The van der Waals surface area contributed by atoms with E-state index in [1.54, 1.807) is 12.1 Å². The van der Waals surface area contributed by atoms with Gasteiger partial charge in [0.15, 0.2) is 9.84 Å². The first-order valence-corrected chi connectivity index (χ1v) is 9.91. The summed E-state index contributed by atoms with van der Waals surface area (Å²) in [6.07, 6.45) is 0.361. The van der Waals surface area contributed by atoms with E-state index < -0.39 is 33.1 Å². The number of methoxy groups -OCH3 is 1. The standard InChI is InChI=1S/C16H21ClN2O5S/c1-16(2,15(21)19-11-6-7-25(22,23)9-11)14(20)18-10-4-5-13(24-3)12(17)8-10/h4-5,8,11H,6-7,9H2,1-3H3,(H,18,20)(H,19,21). The molecule has 1 aromatic carbocycles. The fourth-order valence-electron chi connectivity index (χ4n) is 2.41. The van der Waals surface area contributed by atoms with Gasteiger partial charge in [0, 0.05) is 11.7 Å². The SMILES string of the molecule is COc1ccc(NC(=O)C(C)(C)C(=O)NC2CCS(=O)(=O)C2)cc1Cl. The Morgan fingerprint density at radius 3 is 2.48 bits per heavy atom. The molecule has 2 amide bonds. The second kappa shape index (κ2) is 7.21. The van der Waals surface area contributed by atoms with Gasteiger partial charge in [0.2, 0.25) is 11.8 Å². The molecular weight excluding hydrogens is 368 g/mol. The van der Waals surface area contributed by atoms with Crippen LogP contribution in [0.3, 0.4) is 0 Å². The average Bonchev–Trinajstić information content (AvgIpc) is 2.86. The minimum absolute atomic E-state index is 0.0505. The third-order valence-electron chi connectivity index (χ3n) is 4.11. The van der Waals surface area contributed by atoms with Crippen LogP contribution in [-0.4, -0.2) is 44.9 Å². The number of anilines is 1. The van der Waals surface area contributed by atoms with E-state index in [1.165, 1.54) is 27.0 Å². The zero-order valence-corrected chi connectivity index (χ0v) is 15.8. The largest absolute Gasteiger partial charge is 0.495 e. The van der Waals surface area contributed by atoms with Crippen LogP contribution in [0.2, 0.25) is 5.02 Å². The highest BCUT2D eigenvalue weighted by atomic mass is 35.5. The lowest BCUT2D eigenvalue weighted by Crippen LogP contribution is -2.48. The van der Waals surface area contributed by atoms with Crippen molar-refractivity contribution in [2.45, 2.75) is 26.3 Å². The maximum atomic E-state index is 12.5. The normalized spacial score (nSPS) is 19.3. The lowest BCUT2D eigenvalue weighted by molar-refractivity contribution is -0.138. The second-order valence-electron chi connectivity index (χ2n) is 6.50. The van der Waals surface area contributed by atoms with E-state index in [-0.39, 0.29) is 11.5 Å². The zero-order chi connectivity index (χ0) is 18.8. The molecule has 1 unspecified atom stereocenters. The Morgan fingerprint density at radius 2 is 1.96 bits per heavy atom. The first kappa shape index (κ1) is 19.5. The van der Waals surface area contributed by atoms with E-state index in [1.807, 2.05) is 0 Å². The first-order chi connectivity index (χ1) is 11.5. The number of sulfone groups is 1. The molecule has 0 aromatic heterocycles. The highest BCUT2D eigenvalue weighted by Gasteiger charge is 2.39. The van der Waals surface area contributed by atoms with Gasteiger partial charge >= 0.3 is 0 Å². The van der Waals surface area contributed by atoms with Crippen molar-refractivity contribution >= 4 is 38.9 Å². The van der Waals surface area contributed by atoms with Crippen LogP contribution < -0.4 is 15.4 Å². The van der Waals surface area contributed by atoms with Gasteiger partial charge in [-0.2, -0.15) is 0 Å². The summed E-state index contributed by atoms with van der Waals surface area (Å²) < 4.78 is 28.0. The molecule has 1 fully saturated rings. The van der Waals surface area contributed by atoms with Gasteiger partial charge in [0.25, 0.3) is 0 Å². The molecule has 2 rings (SSSR count). The van der Waals surface area contributed by atoms with Crippen molar-refractivity contribution < 1.29 is 22.7 Å². The maximum absolute atomic E-state index is 12.5. The lowest BCUT2D eigenvalue weighted by atomic mass is 9.90. The van der Waals surface area contributed by atoms with Crippen LogP contribution >= 0.6 is 11.6 Å². The molecule has 0 spiro atoms. The van der Waals surface area contributed by atoms with Crippen molar-refractivity contribution in [2.75, 3.05) is 23.9 Å². The lowest BCUT2D eigenvalue weighted by Gasteiger charge is -2.24. The van der Waals surface area contributed by atoms with Crippen LogP contribution in [0.1, 0.15) is 20.3 Å². The van der Waals surface area contributed by atoms with Crippen molar-refractivity contribution in [2.24, 2.45) is 5.41 Å². The topological polar surface area (TPSA) is 102 Å². The fourth-order valence-corrected chi connectivity index (χ4v) is 4.34. The Hall–Kier alpha value is -1.80. The predicted molar refractivity (Wildman–Crippen MR) is 95.6 cm³/mol. The summed E-state index contributed by atoms with van der Waals surface area (Å²) in [5.74, 6) is -0.614. The van der Waals surface area contributed by atoms with Gasteiger partial charge in [-0.1, -0.05) is 11.6 Å². The van der Waals surface area contributed by atoms with Gasteiger partial charge in [0.05, 0.1) is 23.6 Å². The maximum Gasteiger partial charge on any atom is 0.239 e. The Balaban J connectivity index is 2.03. The molecule has 25 heavy (non-hydrogen) atoms. The van der Waals surface area contributed by atoms with Crippen LogP contribution in [0.25, 0.3) is 0 Å². The molecule has 1 saturated heterocycles. The third-order valence-corrected chi connectivity index (χ3v) is 6.18. The average molecular weight is 389 g/mol. The number of hydrogen-bond acceptors (Lipinski definition) is 5. The number of hydrogen-bond donors (Lipinski definition) is 2. The third kappa shape index (κ3) is 4.64. The Labute approximate surface area is 152 Å². The highest BCUT2D eigenvalue weighted by Crippen LogP contribution is 2.28. The summed E-state index contributed by atoms with van der Waals surface area (Å²) >= 11 is 6.02. The minimum Gasteiger partial charge on any atom is -0.495 e. The minimum atomic E-state index is -3.11. The number of carbonyl (C=O) groups excluding carboxylic acids is 2. The van der Waals surface area contributed by atoms with Gasteiger partial charge in [0.1, 0.15) is 11.2 Å². The van der Waals surface area contributed by atoms with Gasteiger partial charge in [-0.15, -0.1) is 0 Å². The van der Waals surface area contributed by atoms with E-state index >= 15 is 0 Å². The fraction of sp³-hybridized carbons (Fsp3) is 0.500. The van der Waals surface area contributed by atoms with Crippen LogP contribution in [0.5, 0.6) is 5.75 Å². The van der Waals surface area contributed by atoms with Gasteiger partial charge in [-0.05, 0) is 38.5 Å². The number of halogens is 1. The van der Waals surface area contributed by atoms with Crippen molar-refractivity contribution in [3.05, 3.63) is 23.2 Å². The van der Waals surface area contributed by atoms with Crippen molar-refractivity contribution in [3.8, 4) is 5.75 Å². The summed E-state index contributed by atoms with van der Waals surface area (Å²) in [6.45, 7) is 2.96. The van der Waals surface area contributed by atoms with Gasteiger partial charge < -0.3 is 15.4 Å². The van der Waals surface area contributed by atoms with Gasteiger partial charge in [-0.25, -0.2) is 8.42 Å². The molecule has 2 N–H and O–H groups in total. The summed E-state index contributed by atoms with van der Waals surface area (Å²) in [5, 5.41) is 5.62. The number of rotatable bonds is 5. The van der Waals surface area contributed by atoms with E-state index in [9.17, 15) is 18.0 Å². The van der Waals surface area contributed by atoms with Crippen LogP contribution in [-0.2, 0) is 19.4 Å². The molecule has 1 aliphatic heterocycles. The van der Waals surface area contributed by atoms with E-state index in [2.05, 4.69) is 10.6 Å². The van der Waals surface area contributed by atoms with Crippen molar-refractivity contribution in [1.82, 2.24) is 5.32 Å². The molecule has 0 radical (unpaired) electrons.